The standard InChI is InChI=1S/C16H26N2O2S/c1-12(2)4-5-13(3)17-14-8-10-16(11-9-14)21(19,20)18-15-6-7-15/h8-13,15,17-18H,4-7H2,1-3H3. The maximum atomic E-state index is 12.1. The molecule has 5 heteroatoms. The summed E-state index contributed by atoms with van der Waals surface area (Å²) >= 11 is 0. The largest absolute Gasteiger partial charge is 0.383 e. The number of hydrogen-bond acceptors (Lipinski definition) is 3. The van der Waals surface area contributed by atoms with Crippen LogP contribution < -0.4 is 10.0 Å². The fourth-order valence-corrected chi connectivity index (χ4v) is 3.46. The van der Waals surface area contributed by atoms with Crippen molar-refractivity contribution in [2.24, 2.45) is 5.92 Å². The highest BCUT2D eigenvalue weighted by atomic mass is 32.2. The summed E-state index contributed by atoms with van der Waals surface area (Å²) < 4.78 is 26.8. The molecule has 1 aromatic carbocycles. The molecule has 4 nitrogen and oxygen atoms in total. The molecule has 1 unspecified atom stereocenters. The van der Waals surface area contributed by atoms with Gasteiger partial charge in [0.05, 0.1) is 4.90 Å². The summed E-state index contributed by atoms with van der Waals surface area (Å²) in [5.41, 5.74) is 0.969. The molecule has 1 aromatic rings. The molecule has 0 spiro atoms. The predicted molar refractivity (Wildman–Crippen MR) is 86.9 cm³/mol. The minimum Gasteiger partial charge on any atom is -0.383 e. The van der Waals surface area contributed by atoms with Gasteiger partial charge in [0.25, 0.3) is 0 Å². The second kappa shape index (κ2) is 6.79. The summed E-state index contributed by atoms with van der Waals surface area (Å²) in [6.07, 6.45) is 4.20. The maximum absolute atomic E-state index is 12.1. The first-order chi connectivity index (χ1) is 9.87. The topological polar surface area (TPSA) is 58.2 Å². The fourth-order valence-electron chi connectivity index (χ4n) is 2.16. The second-order valence-corrected chi connectivity index (χ2v) is 8.15. The van der Waals surface area contributed by atoms with Gasteiger partial charge in [-0.1, -0.05) is 13.8 Å². The van der Waals surface area contributed by atoms with Crippen LogP contribution in [0.15, 0.2) is 29.2 Å². The SMILES string of the molecule is CC(C)CCC(C)Nc1ccc(S(=O)(=O)NC2CC2)cc1. The van der Waals surface area contributed by atoms with Crippen molar-refractivity contribution in [2.75, 3.05) is 5.32 Å². The highest BCUT2D eigenvalue weighted by molar-refractivity contribution is 7.89. The minimum absolute atomic E-state index is 0.142. The molecule has 118 valence electrons. The lowest BCUT2D eigenvalue weighted by Crippen LogP contribution is -2.25. The minimum atomic E-state index is -3.34. The Kier molecular flexibility index (Phi) is 5.27. The first kappa shape index (κ1) is 16.3. The molecule has 0 aromatic heterocycles. The molecule has 0 aliphatic heterocycles. The molecule has 1 atom stereocenters. The van der Waals surface area contributed by atoms with Crippen LogP contribution in [-0.4, -0.2) is 20.5 Å². The molecular weight excluding hydrogens is 284 g/mol. The second-order valence-electron chi connectivity index (χ2n) is 6.44. The molecule has 2 rings (SSSR count). The Hall–Kier alpha value is -1.07. The third-order valence-electron chi connectivity index (χ3n) is 3.65. The van der Waals surface area contributed by atoms with Crippen molar-refractivity contribution in [2.45, 2.75) is 63.4 Å². The Bertz CT molecular complexity index is 548. The lowest BCUT2D eigenvalue weighted by atomic mass is 10.0. The molecule has 1 fully saturated rings. The summed E-state index contributed by atoms with van der Waals surface area (Å²) in [4.78, 5) is 0.342. The van der Waals surface area contributed by atoms with Gasteiger partial charge in [0.15, 0.2) is 0 Å². The normalized spacial score (nSPS) is 17.0. The smallest absolute Gasteiger partial charge is 0.240 e. The maximum Gasteiger partial charge on any atom is 0.240 e. The van der Waals surface area contributed by atoms with E-state index in [0.29, 0.717) is 16.9 Å². The van der Waals surface area contributed by atoms with E-state index in [9.17, 15) is 8.42 Å². The van der Waals surface area contributed by atoms with Gasteiger partial charge < -0.3 is 5.32 Å². The van der Waals surface area contributed by atoms with Crippen LogP contribution in [0.4, 0.5) is 5.69 Å². The number of anilines is 1. The lowest BCUT2D eigenvalue weighted by molar-refractivity contribution is 0.527. The monoisotopic (exact) mass is 310 g/mol. The summed E-state index contributed by atoms with van der Waals surface area (Å²) in [7, 11) is -3.34. The van der Waals surface area contributed by atoms with Crippen LogP contribution in [0.3, 0.4) is 0 Å². The predicted octanol–water partition coefficient (Wildman–Crippen LogP) is 3.36. The summed E-state index contributed by atoms with van der Waals surface area (Å²) in [6.45, 7) is 6.60. The van der Waals surface area contributed by atoms with Crippen LogP contribution in [-0.2, 0) is 10.0 Å². The van der Waals surface area contributed by atoms with E-state index in [0.717, 1.165) is 24.9 Å². The first-order valence-electron chi connectivity index (χ1n) is 7.76. The van der Waals surface area contributed by atoms with E-state index in [-0.39, 0.29) is 6.04 Å². The number of sulfonamides is 1. The van der Waals surface area contributed by atoms with Gasteiger partial charge in [-0.3, -0.25) is 0 Å². The third-order valence-corrected chi connectivity index (χ3v) is 5.19. The molecule has 0 heterocycles. The zero-order valence-electron chi connectivity index (χ0n) is 13.1. The van der Waals surface area contributed by atoms with E-state index in [1.54, 1.807) is 12.1 Å². The average Bonchev–Trinajstić information content (AvgIpc) is 3.20. The molecule has 0 bridgehead atoms. The Morgan fingerprint density at radius 3 is 2.24 bits per heavy atom. The van der Waals surface area contributed by atoms with Gasteiger partial charge in [0.2, 0.25) is 10.0 Å². The van der Waals surface area contributed by atoms with Crippen molar-refractivity contribution in [3.05, 3.63) is 24.3 Å². The van der Waals surface area contributed by atoms with Crippen LogP contribution in [0.1, 0.15) is 46.5 Å². The van der Waals surface area contributed by atoms with Gasteiger partial charge in [0, 0.05) is 17.8 Å². The molecule has 1 aliphatic carbocycles. The van der Waals surface area contributed by atoms with Gasteiger partial charge in [-0.15, -0.1) is 0 Å². The third kappa shape index (κ3) is 5.32. The van der Waals surface area contributed by atoms with E-state index in [1.165, 1.54) is 6.42 Å². The van der Waals surface area contributed by atoms with Gasteiger partial charge in [0.1, 0.15) is 0 Å². The lowest BCUT2D eigenvalue weighted by Gasteiger charge is -2.16. The Morgan fingerprint density at radius 1 is 1.10 bits per heavy atom. The van der Waals surface area contributed by atoms with Crippen molar-refractivity contribution in [1.29, 1.82) is 0 Å². The Labute approximate surface area is 128 Å². The van der Waals surface area contributed by atoms with E-state index in [4.69, 9.17) is 0 Å². The van der Waals surface area contributed by atoms with Crippen molar-refractivity contribution in [3.63, 3.8) is 0 Å². The number of nitrogens with one attached hydrogen (secondary N) is 2. The van der Waals surface area contributed by atoms with Crippen LogP contribution in [0.2, 0.25) is 0 Å². The number of hydrogen-bond donors (Lipinski definition) is 2. The van der Waals surface area contributed by atoms with Gasteiger partial charge in [-0.2, -0.15) is 0 Å². The number of rotatable bonds is 8. The molecule has 0 amide bonds. The summed E-state index contributed by atoms with van der Waals surface area (Å²) in [6, 6.07) is 7.55. The van der Waals surface area contributed by atoms with Gasteiger partial charge in [-0.25, -0.2) is 13.1 Å². The molecule has 0 radical (unpaired) electrons. The summed E-state index contributed by atoms with van der Waals surface area (Å²) in [5.74, 6) is 0.704. The fraction of sp³-hybridized carbons (Fsp3) is 0.625. The van der Waals surface area contributed by atoms with Crippen molar-refractivity contribution < 1.29 is 8.42 Å². The molecular formula is C16H26N2O2S. The highest BCUT2D eigenvalue weighted by Gasteiger charge is 2.27. The average molecular weight is 310 g/mol. The molecule has 0 saturated heterocycles. The van der Waals surface area contributed by atoms with E-state index in [1.807, 2.05) is 12.1 Å². The van der Waals surface area contributed by atoms with Gasteiger partial charge >= 0.3 is 0 Å². The zero-order chi connectivity index (χ0) is 15.5. The molecule has 21 heavy (non-hydrogen) atoms. The molecule has 2 N–H and O–H groups in total. The van der Waals surface area contributed by atoms with Crippen LogP contribution in [0, 0.1) is 5.92 Å². The van der Waals surface area contributed by atoms with Crippen molar-refractivity contribution >= 4 is 15.7 Å². The van der Waals surface area contributed by atoms with E-state index in [2.05, 4.69) is 30.8 Å². The van der Waals surface area contributed by atoms with Crippen LogP contribution >= 0.6 is 0 Å². The van der Waals surface area contributed by atoms with Crippen molar-refractivity contribution in [1.82, 2.24) is 4.72 Å². The number of benzene rings is 1. The van der Waals surface area contributed by atoms with Gasteiger partial charge in [-0.05, 0) is 62.8 Å². The van der Waals surface area contributed by atoms with Crippen LogP contribution in [0.5, 0.6) is 0 Å². The van der Waals surface area contributed by atoms with Crippen LogP contribution in [0.25, 0.3) is 0 Å². The highest BCUT2D eigenvalue weighted by Crippen LogP contribution is 2.23. The Balaban J connectivity index is 1.92. The quantitative estimate of drug-likeness (QED) is 0.774. The van der Waals surface area contributed by atoms with E-state index >= 15 is 0 Å². The molecule has 1 saturated carbocycles. The first-order valence-corrected chi connectivity index (χ1v) is 9.24. The molecule has 1 aliphatic rings. The van der Waals surface area contributed by atoms with Crippen molar-refractivity contribution in [3.8, 4) is 0 Å². The Morgan fingerprint density at radius 2 is 1.71 bits per heavy atom. The summed E-state index contributed by atoms with van der Waals surface area (Å²) in [5, 5.41) is 3.41. The zero-order valence-corrected chi connectivity index (χ0v) is 13.9. The van der Waals surface area contributed by atoms with E-state index < -0.39 is 10.0 Å².